The summed E-state index contributed by atoms with van der Waals surface area (Å²) in [7, 11) is 0. The number of benzene rings is 1. The van der Waals surface area contributed by atoms with Gasteiger partial charge in [-0.1, -0.05) is 25.0 Å². The Bertz CT molecular complexity index is 536. The van der Waals surface area contributed by atoms with Crippen molar-refractivity contribution in [2.75, 3.05) is 12.0 Å². The maximum Gasteiger partial charge on any atom is 0.127 e. The van der Waals surface area contributed by atoms with Crippen LogP contribution in [-0.4, -0.2) is 21.6 Å². The lowest BCUT2D eigenvalue weighted by molar-refractivity contribution is 0.575. The Balaban J connectivity index is 2.02. The summed E-state index contributed by atoms with van der Waals surface area (Å²) in [6.07, 6.45) is 7.30. The molecule has 2 aromatic rings. The van der Waals surface area contributed by atoms with Gasteiger partial charge in [-0.25, -0.2) is 4.98 Å². The number of imidazole rings is 1. The summed E-state index contributed by atoms with van der Waals surface area (Å²) < 4.78 is 2.29. The normalized spacial score (nSPS) is 12.9. The van der Waals surface area contributed by atoms with Gasteiger partial charge in [-0.2, -0.15) is 11.8 Å². The molecule has 0 radical (unpaired) electrons. The fourth-order valence-electron chi connectivity index (χ4n) is 2.50. The molecule has 0 spiro atoms. The van der Waals surface area contributed by atoms with E-state index in [2.05, 4.69) is 34.0 Å². The highest BCUT2D eigenvalue weighted by molar-refractivity contribution is 7.98. The molecular weight excluding hydrogens is 288 g/mol. The average Bonchev–Trinajstić information content (AvgIpc) is 2.82. The Morgan fingerprint density at radius 2 is 1.95 bits per heavy atom. The van der Waals surface area contributed by atoms with Crippen molar-refractivity contribution in [1.29, 1.82) is 0 Å². The maximum absolute atomic E-state index is 6.28. The summed E-state index contributed by atoms with van der Waals surface area (Å²) in [5.41, 5.74) is 2.26. The number of unbranched alkanes of at least 4 members (excludes halogenated alkanes) is 3. The van der Waals surface area contributed by atoms with Crippen molar-refractivity contribution in [3.8, 4) is 0 Å². The van der Waals surface area contributed by atoms with Crippen LogP contribution in [0.5, 0.6) is 0 Å². The summed E-state index contributed by atoms with van der Waals surface area (Å²) >= 11 is 8.21. The van der Waals surface area contributed by atoms with E-state index < -0.39 is 0 Å². The van der Waals surface area contributed by atoms with Crippen LogP contribution in [-0.2, 0) is 6.54 Å². The van der Waals surface area contributed by atoms with Gasteiger partial charge in [0.15, 0.2) is 0 Å². The lowest BCUT2D eigenvalue weighted by Crippen LogP contribution is -2.04. The first kappa shape index (κ1) is 15.7. The number of para-hydroxylation sites is 2. The Morgan fingerprint density at radius 1 is 1.20 bits per heavy atom. The zero-order valence-corrected chi connectivity index (χ0v) is 13.9. The van der Waals surface area contributed by atoms with Gasteiger partial charge >= 0.3 is 0 Å². The van der Waals surface area contributed by atoms with E-state index in [-0.39, 0.29) is 5.38 Å². The van der Waals surface area contributed by atoms with E-state index in [0.29, 0.717) is 0 Å². The molecule has 20 heavy (non-hydrogen) atoms. The third kappa shape index (κ3) is 3.92. The van der Waals surface area contributed by atoms with E-state index in [4.69, 9.17) is 11.6 Å². The predicted molar refractivity (Wildman–Crippen MR) is 90.9 cm³/mol. The number of rotatable bonds is 8. The summed E-state index contributed by atoms with van der Waals surface area (Å²) in [4.78, 5) is 4.67. The quantitative estimate of drug-likeness (QED) is 0.489. The van der Waals surface area contributed by atoms with Crippen LogP contribution in [0.3, 0.4) is 0 Å². The molecule has 2 rings (SSSR count). The first-order valence-corrected chi connectivity index (χ1v) is 9.15. The summed E-state index contributed by atoms with van der Waals surface area (Å²) in [6, 6.07) is 8.30. The number of aromatic nitrogens is 2. The van der Waals surface area contributed by atoms with Gasteiger partial charge in [0, 0.05) is 6.54 Å². The molecule has 1 aromatic carbocycles. The molecule has 0 amide bonds. The van der Waals surface area contributed by atoms with Crippen LogP contribution >= 0.6 is 23.4 Å². The van der Waals surface area contributed by atoms with Crippen LogP contribution in [0.2, 0.25) is 0 Å². The summed E-state index contributed by atoms with van der Waals surface area (Å²) in [5, 5.41) is -0.0427. The SMILES string of the molecule is CSCCCCCCn1c(C(C)Cl)nc2ccccc21. The molecule has 2 nitrogen and oxygen atoms in total. The van der Waals surface area contributed by atoms with E-state index in [1.54, 1.807) is 0 Å². The average molecular weight is 311 g/mol. The highest BCUT2D eigenvalue weighted by Crippen LogP contribution is 2.25. The van der Waals surface area contributed by atoms with Gasteiger partial charge in [-0.05, 0) is 43.9 Å². The predicted octanol–water partition coefficient (Wildman–Crippen LogP) is 5.26. The lowest BCUT2D eigenvalue weighted by Gasteiger charge is -2.10. The number of hydrogen-bond acceptors (Lipinski definition) is 2. The van der Waals surface area contributed by atoms with Gasteiger partial charge in [-0.3, -0.25) is 0 Å². The van der Waals surface area contributed by atoms with Crippen LogP contribution in [0.4, 0.5) is 0 Å². The summed E-state index contributed by atoms with van der Waals surface area (Å²) in [5.74, 6) is 2.27. The minimum absolute atomic E-state index is 0.0427. The standard InChI is InChI=1S/C16H23ClN2S/c1-13(17)16-18-14-9-5-6-10-15(14)19(16)11-7-3-4-8-12-20-2/h5-6,9-10,13H,3-4,7-8,11-12H2,1-2H3. The molecule has 0 aliphatic heterocycles. The summed E-state index contributed by atoms with van der Waals surface area (Å²) in [6.45, 7) is 3.02. The minimum atomic E-state index is -0.0427. The number of halogens is 1. The Kier molecular flexibility index (Phi) is 6.24. The van der Waals surface area contributed by atoms with E-state index in [9.17, 15) is 0 Å². The number of fused-ring (bicyclic) bond motifs is 1. The molecule has 0 fully saturated rings. The first-order chi connectivity index (χ1) is 9.74. The monoisotopic (exact) mass is 310 g/mol. The lowest BCUT2D eigenvalue weighted by atomic mass is 10.2. The van der Waals surface area contributed by atoms with Crippen molar-refractivity contribution in [2.24, 2.45) is 0 Å². The second-order valence-corrected chi connectivity index (χ2v) is 6.77. The van der Waals surface area contributed by atoms with Gasteiger partial charge in [0.05, 0.1) is 16.4 Å². The molecular formula is C16H23ClN2S. The molecule has 0 aliphatic carbocycles. The van der Waals surface area contributed by atoms with Crippen LogP contribution in [0.25, 0.3) is 11.0 Å². The highest BCUT2D eigenvalue weighted by Gasteiger charge is 2.13. The van der Waals surface area contributed by atoms with Gasteiger partial charge < -0.3 is 4.57 Å². The maximum atomic E-state index is 6.28. The molecule has 0 bridgehead atoms. The van der Waals surface area contributed by atoms with Gasteiger partial charge in [-0.15, -0.1) is 11.6 Å². The Labute approximate surface area is 130 Å². The molecule has 0 aliphatic rings. The van der Waals surface area contributed by atoms with E-state index in [1.165, 1.54) is 37.0 Å². The molecule has 0 saturated carbocycles. The fourth-order valence-corrected chi connectivity index (χ4v) is 3.16. The van der Waals surface area contributed by atoms with Crippen LogP contribution in [0.1, 0.15) is 43.8 Å². The Morgan fingerprint density at radius 3 is 2.70 bits per heavy atom. The number of hydrogen-bond donors (Lipinski definition) is 0. The van der Waals surface area contributed by atoms with Crippen molar-refractivity contribution < 1.29 is 0 Å². The zero-order chi connectivity index (χ0) is 14.4. The number of aryl methyl sites for hydroxylation is 1. The van der Waals surface area contributed by atoms with Crippen molar-refractivity contribution in [1.82, 2.24) is 9.55 Å². The topological polar surface area (TPSA) is 17.8 Å². The van der Waals surface area contributed by atoms with Crippen LogP contribution in [0.15, 0.2) is 24.3 Å². The smallest absolute Gasteiger partial charge is 0.127 e. The third-order valence-corrected chi connectivity index (χ3v) is 4.41. The molecule has 4 heteroatoms. The molecule has 1 unspecified atom stereocenters. The fraction of sp³-hybridized carbons (Fsp3) is 0.562. The van der Waals surface area contributed by atoms with E-state index in [1.807, 2.05) is 24.8 Å². The van der Waals surface area contributed by atoms with Crippen LogP contribution < -0.4 is 0 Å². The van der Waals surface area contributed by atoms with Crippen molar-refractivity contribution in [3.63, 3.8) is 0 Å². The molecule has 110 valence electrons. The largest absolute Gasteiger partial charge is 0.327 e. The van der Waals surface area contributed by atoms with E-state index in [0.717, 1.165) is 17.9 Å². The Hall–Kier alpha value is -0.670. The number of nitrogens with zero attached hydrogens (tertiary/aromatic N) is 2. The molecule has 1 aromatic heterocycles. The van der Waals surface area contributed by atoms with Gasteiger partial charge in [0.2, 0.25) is 0 Å². The highest BCUT2D eigenvalue weighted by atomic mass is 35.5. The molecule has 1 atom stereocenters. The van der Waals surface area contributed by atoms with Crippen molar-refractivity contribution in [2.45, 2.75) is 44.5 Å². The molecule has 0 saturated heterocycles. The second-order valence-electron chi connectivity index (χ2n) is 5.13. The zero-order valence-electron chi connectivity index (χ0n) is 12.3. The van der Waals surface area contributed by atoms with Gasteiger partial charge in [0.25, 0.3) is 0 Å². The second kappa shape index (κ2) is 7.94. The van der Waals surface area contributed by atoms with Crippen LogP contribution in [0, 0.1) is 0 Å². The molecule has 0 N–H and O–H groups in total. The van der Waals surface area contributed by atoms with Gasteiger partial charge in [0.1, 0.15) is 5.82 Å². The molecule has 1 heterocycles. The van der Waals surface area contributed by atoms with Crippen molar-refractivity contribution >= 4 is 34.4 Å². The number of alkyl halides is 1. The minimum Gasteiger partial charge on any atom is -0.327 e. The van der Waals surface area contributed by atoms with Crippen molar-refractivity contribution in [3.05, 3.63) is 30.1 Å². The first-order valence-electron chi connectivity index (χ1n) is 7.32. The third-order valence-electron chi connectivity index (χ3n) is 3.52. The number of thioether (sulfide) groups is 1. The van der Waals surface area contributed by atoms with E-state index >= 15 is 0 Å².